The molecule has 1 aromatic heterocycles. The van der Waals surface area contributed by atoms with Gasteiger partial charge in [0.15, 0.2) is 5.69 Å². The smallest absolute Gasteiger partial charge is 0.276 e. The Balaban J connectivity index is 1.83. The van der Waals surface area contributed by atoms with E-state index < -0.39 is 5.60 Å². The maximum Gasteiger partial charge on any atom is 0.276 e. The zero-order chi connectivity index (χ0) is 14.2. The first-order valence-corrected chi connectivity index (χ1v) is 6.54. The maximum absolute atomic E-state index is 12.2. The number of β-amino-alcohol motifs (C(OH)–C–C–N with tert-alkyl or cyclic N) is 1. The van der Waals surface area contributed by atoms with Crippen molar-refractivity contribution in [3.8, 4) is 0 Å². The number of nitrogens with one attached hydrogen (secondary N) is 1. The molecule has 6 heteroatoms. The third-order valence-electron chi connectivity index (χ3n) is 3.82. The van der Waals surface area contributed by atoms with E-state index in [1.54, 1.807) is 4.90 Å². The van der Waals surface area contributed by atoms with Gasteiger partial charge in [-0.2, -0.15) is 15.4 Å². The Kier molecular flexibility index (Phi) is 3.02. The predicted molar refractivity (Wildman–Crippen MR) is 72.0 cm³/mol. The highest BCUT2D eigenvalue weighted by Crippen LogP contribution is 2.34. The zero-order valence-electron chi connectivity index (χ0n) is 11.2. The number of amides is 1. The van der Waals surface area contributed by atoms with Crippen LogP contribution in [0.1, 0.15) is 28.0 Å². The van der Waals surface area contributed by atoms with E-state index in [4.69, 9.17) is 0 Å². The van der Waals surface area contributed by atoms with Crippen LogP contribution in [-0.2, 0) is 5.60 Å². The van der Waals surface area contributed by atoms with Crippen molar-refractivity contribution in [1.82, 2.24) is 20.3 Å². The second kappa shape index (κ2) is 4.72. The third-order valence-corrected chi connectivity index (χ3v) is 3.82. The predicted octanol–water partition coefficient (Wildman–Crippen LogP) is 0.847. The first kappa shape index (κ1) is 12.8. The minimum Gasteiger partial charge on any atom is -0.383 e. The average Bonchev–Trinajstić information content (AvgIpc) is 3.08. The number of nitrogens with zero attached hydrogens (tertiary/aromatic N) is 3. The van der Waals surface area contributed by atoms with Gasteiger partial charge in [-0.15, -0.1) is 0 Å². The fourth-order valence-electron chi connectivity index (χ4n) is 2.75. The third kappa shape index (κ3) is 2.08. The molecular weight excluding hydrogens is 256 g/mol. The van der Waals surface area contributed by atoms with E-state index in [0.29, 0.717) is 13.0 Å². The Hall–Kier alpha value is -2.21. The highest BCUT2D eigenvalue weighted by molar-refractivity contribution is 5.92. The zero-order valence-corrected chi connectivity index (χ0v) is 11.2. The standard InChI is InChI=1S/C14H16N4O2/c1-10-4-2-3-5-11(10)14(20)6-7-18(9-14)13(19)12-8-15-17-16-12/h2-5,8,20H,6-7,9H2,1H3,(H,15,16,17)/t14-/m0/s1. The molecule has 104 valence electrons. The number of aromatic amines is 1. The van der Waals surface area contributed by atoms with Crippen molar-refractivity contribution in [3.63, 3.8) is 0 Å². The van der Waals surface area contributed by atoms with Gasteiger partial charge in [-0.05, 0) is 24.5 Å². The normalized spacial score (nSPS) is 22.2. The van der Waals surface area contributed by atoms with Crippen molar-refractivity contribution < 1.29 is 9.90 Å². The molecule has 1 fully saturated rings. The summed E-state index contributed by atoms with van der Waals surface area (Å²) in [5, 5.41) is 20.7. The van der Waals surface area contributed by atoms with Gasteiger partial charge in [0.05, 0.1) is 12.7 Å². The number of aryl methyl sites for hydroxylation is 1. The molecule has 1 aliphatic heterocycles. The van der Waals surface area contributed by atoms with Crippen LogP contribution in [0, 0.1) is 6.92 Å². The van der Waals surface area contributed by atoms with Crippen molar-refractivity contribution in [2.45, 2.75) is 18.9 Å². The number of H-pyrrole nitrogens is 1. The van der Waals surface area contributed by atoms with Gasteiger partial charge in [0.2, 0.25) is 0 Å². The van der Waals surface area contributed by atoms with Gasteiger partial charge < -0.3 is 10.0 Å². The van der Waals surface area contributed by atoms with E-state index in [1.165, 1.54) is 6.20 Å². The lowest BCUT2D eigenvalue weighted by Gasteiger charge is -2.25. The van der Waals surface area contributed by atoms with Gasteiger partial charge in [0.25, 0.3) is 5.91 Å². The van der Waals surface area contributed by atoms with Gasteiger partial charge in [-0.3, -0.25) is 4.79 Å². The van der Waals surface area contributed by atoms with Crippen molar-refractivity contribution >= 4 is 5.91 Å². The first-order chi connectivity index (χ1) is 9.60. The number of carbonyl (C=O) groups is 1. The van der Waals surface area contributed by atoms with Crippen LogP contribution in [0.25, 0.3) is 0 Å². The van der Waals surface area contributed by atoms with Crippen LogP contribution in [0.2, 0.25) is 0 Å². The molecule has 0 unspecified atom stereocenters. The summed E-state index contributed by atoms with van der Waals surface area (Å²) in [6.07, 6.45) is 1.93. The van der Waals surface area contributed by atoms with Crippen LogP contribution in [0.15, 0.2) is 30.5 Å². The quantitative estimate of drug-likeness (QED) is 0.849. The number of aromatic nitrogens is 3. The summed E-state index contributed by atoms with van der Waals surface area (Å²) < 4.78 is 0. The van der Waals surface area contributed by atoms with Crippen LogP contribution < -0.4 is 0 Å². The topological polar surface area (TPSA) is 82.1 Å². The summed E-state index contributed by atoms with van der Waals surface area (Å²) in [4.78, 5) is 13.8. The molecule has 1 aliphatic rings. The molecule has 6 nitrogen and oxygen atoms in total. The summed E-state index contributed by atoms with van der Waals surface area (Å²) in [5.74, 6) is -0.205. The molecule has 2 N–H and O–H groups in total. The van der Waals surface area contributed by atoms with E-state index in [9.17, 15) is 9.90 Å². The minimum atomic E-state index is -0.981. The lowest BCUT2D eigenvalue weighted by atomic mass is 9.89. The van der Waals surface area contributed by atoms with Gasteiger partial charge in [-0.1, -0.05) is 24.3 Å². The first-order valence-electron chi connectivity index (χ1n) is 6.54. The second-order valence-electron chi connectivity index (χ2n) is 5.18. The van der Waals surface area contributed by atoms with Crippen LogP contribution in [-0.4, -0.2) is 44.4 Å². The Labute approximate surface area is 116 Å². The van der Waals surface area contributed by atoms with Gasteiger partial charge in [-0.25, -0.2) is 0 Å². The minimum absolute atomic E-state index is 0.205. The van der Waals surface area contributed by atoms with E-state index in [-0.39, 0.29) is 18.1 Å². The van der Waals surface area contributed by atoms with Gasteiger partial charge in [0, 0.05) is 6.54 Å². The fraction of sp³-hybridized carbons (Fsp3) is 0.357. The molecule has 2 heterocycles. The molecule has 20 heavy (non-hydrogen) atoms. The Morgan fingerprint density at radius 2 is 2.25 bits per heavy atom. The highest BCUT2D eigenvalue weighted by Gasteiger charge is 2.40. The van der Waals surface area contributed by atoms with Gasteiger partial charge >= 0.3 is 0 Å². The molecule has 0 radical (unpaired) electrons. The SMILES string of the molecule is Cc1ccccc1[C@]1(O)CCN(C(=O)c2cn[nH]n2)C1. The van der Waals surface area contributed by atoms with Crippen LogP contribution >= 0.6 is 0 Å². The summed E-state index contributed by atoms with van der Waals surface area (Å²) in [6.45, 7) is 2.76. The number of benzene rings is 1. The molecule has 0 spiro atoms. The van der Waals surface area contributed by atoms with Crippen LogP contribution in [0.4, 0.5) is 0 Å². The maximum atomic E-state index is 12.2. The summed E-state index contributed by atoms with van der Waals surface area (Å²) in [5.41, 5.74) is 1.21. The van der Waals surface area contributed by atoms with Crippen LogP contribution in [0.3, 0.4) is 0 Å². The van der Waals surface area contributed by atoms with E-state index in [2.05, 4.69) is 15.4 Å². The van der Waals surface area contributed by atoms with Crippen LogP contribution in [0.5, 0.6) is 0 Å². The number of aliphatic hydroxyl groups is 1. The lowest BCUT2D eigenvalue weighted by Crippen LogP contribution is -2.35. The average molecular weight is 272 g/mol. The molecule has 3 rings (SSSR count). The van der Waals surface area contributed by atoms with E-state index >= 15 is 0 Å². The molecular formula is C14H16N4O2. The summed E-state index contributed by atoms with van der Waals surface area (Å²) in [7, 11) is 0. The monoisotopic (exact) mass is 272 g/mol. The van der Waals surface area contributed by atoms with Crippen molar-refractivity contribution in [1.29, 1.82) is 0 Å². The molecule has 1 saturated heterocycles. The van der Waals surface area contributed by atoms with Crippen molar-refractivity contribution in [2.24, 2.45) is 0 Å². The summed E-state index contributed by atoms with van der Waals surface area (Å²) in [6, 6.07) is 7.73. The highest BCUT2D eigenvalue weighted by atomic mass is 16.3. The van der Waals surface area contributed by atoms with Crippen molar-refractivity contribution in [2.75, 3.05) is 13.1 Å². The molecule has 2 aromatic rings. The molecule has 0 bridgehead atoms. The Morgan fingerprint density at radius 3 is 2.95 bits per heavy atom. The molecule has 1 aromatic carbocycles. The number of hydrogen-bond acceptors (Lipinski definition) is 4. The number of rotatable bonds is 2. The molecule has 0 aliphatic carbocycles. The second-order valence-corrected chi connectivity index (χ2v) is 5.18. The molecule has 1 atom stereocenters. The summed E-state index contributed by atoms with van der Waals surface area (Å²) >= 11 is 0. The fourth-order valence-corrected chi connectivity index (χ4v) is 2.75. The molecule has 0 saturated carbocycles. The lowest BCUT2D eigenvalue weighted by molar-refractivity contribution is 0.0410. The van der Waals surface area contributed by atoms with Gasteiger partial charge in [0.1, 0.15) is 5.60 Å². The number of carbonyl (C=O) groups excluding carboxylic acids is 1. The number of likely N-dealkylation sites (tertiary alicyclic amines) is 1. The number of hydrogen-bond donors (Lipinski definition) is 2. The Bertz CT molecular complexity index is 626. The largest absolute Gasteiger partial charge is 0.383 e. The van der Waals surface area contributed by atoms with E-state index in [1.807, 2.05) is 31.2 Å². The van der Waals surface area contributed by atoms with Crippen molar-refractivity contribution in [3.05, 3.63) is 47.3 Å². The Morgan fingerprint density at radius 1 is 1.45 bits per heavy atom. The van der Waals surface area contributed by atoms with E-state index in [0.717, 1.165) is 11.1 Å². The molecule has 1 amide bonds.